The van der Waals surface area contributed by atoms with E-state index in [4.69, 9.17) is 5.26 Å². The minimum Gasteiger partial charge on any atom is -0.383 e. The fourth-order valence-corrected chi connectivity index (χ4v) is 2.95. The van der Waals surface area contributed by atoms with Crippen LogP contribution >= 0.6 is 11.3 Å². The summed E-state index contributed by atoms with van der Waals surface area (Å²) in [6.07, 6.45) is 0. The van der Waals surface area contributed by atoms with Gasteiger partial charge in [0.1, 0.15) is 17.4 Å². The summed E-state index contributed by atoms with van der Waals surface area (Å²) in [4.78, 5) is 0.951. The van der Waals surface area contributed by atoms with E-state index in [1.165, 1.54) is 0 Å². The Morgan fingerprint density at radius 3 is 2.85 bits per heavy atom. The Hall–Kier alpha value is -1.61. The number of aliphatic hydroxyl groups is 1. The molecule has 0 fully saturated rings. The fourth-order valence-electron chi connectivity index (χ4n) is 2.16. The monoisotopic (exact) mass is 289 g/mol. The molecule has 0 saturated carbocycles. The van der Waals surface area contributed by atoms with E-state index in [1.54, 1.807) is 11.3 Å². The fraction of sp³-hybridized carbons (Fsp3) is 0.400. The van der Waals surface area contributed by atoms with Gasteiger partial charge in [-0.2, -0.15) is 5.26 Å². The van der Waals surface area contributed by atoms with Crippen LogP contribution in [0.2, 0.25) is 0 Å². The largest absolute Gasteiger partial charge is 0.383 e. The molecule has 0 saturated heterocycles. The molecule has 1 atom stereocenters. The van der Waals surface area contributed by atoms with Gasteiger partial charge in [-0.3, -0.25) is 0 Å². The van der Waals surface area contributed by atoms with E-state index in [0.29, 0.717) is 18.8 Å². The lowest BCUT2D eigenvalue weighted by Gasteiger charge is -2.22. The van der Waals surface area contributed by atoms with Gasteiger partial charge < -0.3 is 15.0 Å². The summed E-state index contributed by atoms with van der Waals surface area (Å²) in [6, 6.07) is 7.94. The summed E-state index contributed by atoms with van der Waals surface area (Å²) in [5.74, 6) is 0. The zero-order valence-corrected chi connectivity index (χ0v) is 12.8. The van der Waals surface area contributed by atoms with Gasteiger partial charge in [-0.25, -0.2) is 0 Å². The Morgan fingerprint density at radius 2 is 2.30 bits per heavy atom. The SMILES string of the molecule is Cc1c(CNCC(C)(O)c2cccs2)cc(C#N)n1C. The maximum absolute atomic E-state index is 10.4. The molecule has 5 heteroatoms. The van der Waals surface area contributed by atoms with Crippen LogP contribution in [0.5, 0.6) is 0 Å². The zero-order chi connectivity index (χ0) is 14.8. The normalized spacial score (nSPS) is 13.9. The molecule has 0 spiro atoms. The summed E-state index contributed by atoms with van der Waals surface area (Å²) < 4.78 is 1.88. The van der Waals surface area contributed by atoms with Crippen molar-refractivity contribution in [3.8, 4) is 6.07 Å². The second kappa shape index (κ2) is 5.80. The topological polar surface area (TPSA) is 61.0 Å². The lowest BCUT2D eigenvalue weighted by Crippen LogP contribution is -2.34. The number of rotatable bonds is 5. The molecule has 106 valence electrons. The Balaban J connectivity index is 1.99. The van der Waals surface area contributed by atoms with Gasteiger partial charge in [-0.1, -0.05) is 6.07 Å². The first-order valence-electron chi connectivity index (χ1n) is 6.48. The average molecular weight is 289 g/mol. The molecule has 4 nitrogen and oxygen atoms in total. The van der Waals surface area contributed by atoms with Crippen molar-refractivity contribution in [2.24, 2.45) is 7.05 Å². The third-order valence-electron chi connectivity index (χ3n) is 3.59. The summed E-state index contributed by atoms with van der Waals surface area (Å²) in [7, 11) is 1.89. The highest BCUT2D eigenvalue weighted by molar-refractivity contribution is 7.10. The van der Waals surface area contributed by atoms with Gasteiger partial charge in [0.25, 0.3) is 0 Å². The maximum Gasteiger partial charge on any atom is 0.120 e. The van der Waals surface area contributed by atoms with Crippen molar-refractivity contribution in [2.45, 2.75) is 26.0 Å². The predicted molar refractivity (Wildman–Crippen MR) is 80.5 cm³/mol. The molecule has 0 aliphatic rings. The van der Waals surface area contributed by atoms with E-state index < -0.39 is 5.60 Å². The molecule has 20 heavy (non-hydrogen) atoms. The van der Waals surface area contributed by atoms with E-state index in [1.807, 2.05) is 49.0 Å². The molecule has 1 unspecified atom stereocenters. The second-order valence-electron chi connectivity index (χ2n) is 5.17. The molecule has 0 aliphatic carbocycles. The minimum atomic E-state index is -0.866. The number of thiophene rings is 1. The summed E-state index contributed by atoms with van der Waals surface area (Å²) >= 11 is 1.55. The molecule has 0 amide bonds. The van der Waals surface area contributed by atoms with Crippen LogP contribution in [0.4, 0.5) is 0 Å². The van der Waals surface area contributed by atoms with Crippen molar-refractivity contribution in [3.05, 3.63) is 45.4 Å². The first kappa shape index (κ1) is 14.8. The van der Waals surface area contributed by atoms with Gasteiger partial charge in [-0.15, -0.1) is 11.3 Å². The van der Waals surface area contributed by atoms with Crippen LogP contribution in [0.1, 0.15) is 28.8 Å². The van der Waals surface area contributed by atoms with Gasteiger partial charge in [0, 0.05) is 30.7 Å². The molecule has 2 aromatic rings. The van der Waals surface area contributed by atoms with E-state index in [0.717, 1.165) is 16.1 Å². The quantitative estimate of drug-likeness (QED) is 0.887. The number of nitrogens with one attached hydrogen (secondary N) is 1. The first-order valence-corrected chi connectivity index (χ1v) is 7.36. The van der Waals surface area contributed by atoms with Gasteiger partial charge >= 0.3 is 0 Å². The molecule has 0 bridgehead atoms. The molecule has 0 aliphatic heterocycles. The van der Waals surface area contributed by atoms with Crippen molar-refractivity contribution in [2.75, 3.05) is 6.54 Å². The van der Waals surface area contributed by atoms with Crippen LogP contribution in [-0.4, -0.2) is 16.2 Å². The standard InChI is InChI=1S/C15H19N3OS/c1-11-12(7-13(8-16)18(11)3)9-17-10-15(2,19)14-5-4-6-20-14/h4-7,17,19H,9-10H2,1-3H3. The number of hydrogen-bond acceptors (Lipinski definition) is 4. The van der Waals surface area contributed by atoms with Gasteiger partial charge in [0.15, 0.2) is 0 Å². The second-order valence-corrected chi connectivity index (χ2v) is 6.11. The number of nitriles is 1. The third kappa shape index (κ3) is 2.93. The Kier molecular flexibility index (Phi) is 4.29. The Morgan fingerprint density at radius 1 is 1.55 bits per heavy atom. The minimum absolute atomic E-state index is 0.476. The van der Waals surface area contributed by atoms with Crippen LogP contribution in [0.15, 0.2) is 23.6 Å². The molecule has 0 aromatic carbocycles. The van der Waals surface area contributed by atoms with Gasteiger partial charge in [0.2, 0.25) is 0 Å². The maximum atomic E-state index is 10.4. The van der Waals surface area contributed by atoms with E-state index in [9.17, 15) is 5.11 Å². The van der Waals surface area contributed by atoms with Crippen LogP contribution in [0, 0.1) is 18.3 Å². The van der Waals surface area contributed by atoms with E-state index in [-0.39, 0.29) is 0 Å². The van der Waals surface area contributed by atoms with Crippen molar-refractivity contribution in [1.82, 2.24) is 9.88 Å². The molecule has 2 rings (SSSR count). The number of aromatic nitrogens is 1. The van der Waals surface area contributed by atoms with Crippen molar-refractivity contribution >= 4 is 11.3 Å². The highest BCUT2D eigenvalue weighted by Crippen LogP contribution is 2.24. The molecular weight excluding hydrogens is 270 g/mol. The van der Waals surface area contributed by atoms with Crippen molar-refractivity contribution in [1.29, 1.82) is 5.26 Å². The molecular formula is C15H19N3OS. The lowest BCUT2D eigenvalue weighted by atomic mass is 10.1. The highest BCUT2D eigenvalue weighted by atomic mass is 32.1. The number of hydrogen-bond donors (Lipinski definition) is 2. The molecule has 2 aromatic heterocycles. The Labute approximate surface area is 123 Å². The third-order valence-corrected chi connectivity index (χ3v) is 4.71. The zero-order valence-electron chi connectivity index (χ0n) is 12.0. The van der Waals surface area contributed by atoms with Crippen molar-refractivity contribution < 1.29 is 5.11 Å². The summed E-state index contributed by atoms with van der Waals surface area (Å²) in [5, 5.41) is 24.7. The predicted octanol–water partition coefficient (Wildman–Crippen LogP) is 2.26. The van der Waals surface area contributed by atoms with Crippen LogP contribution in [0.25, 0.3) is 0 Å². The average Bonchev–Trinajstić information content (AvgIpc) is 3.03. The van der Waals surface area contributed by atoms with Crippen LogP contribution in [-0.2, 0) is 19.2 Å². The molecule has 2 heterocycles. The number of nitrogens with zero attached hydrogens (tertiary/aromatic N) is 2. The smallest absolute Gasteiger partial charge is 0.120 e. The summed E-state index contributed by atoms with van der Waals surface area (Å²) in [6.45, 7) is 4.92. The van der Waals surface area contributed by atoms with E-state index >= 15 is 0 Å². The van der Waals surface area contributed by atoms with Crippen LogP contribution < -0.4 is 5.32 Å². The van der Waals surface area contributed by atoms with Crippen molar-refractivity contribution in [3.63, 3.8) is 0 Å². The van der Waals surface area contributed by atoms with E-state index in [2.05, 4.69) is 11.4 Å². The molecule has 0 radical (unpaired) electrons. The highest BCUT2D eigenvalue weighted by Gasteiger charge is 2.23. The Bertz CT molecular complexity index is 620. The molecule has 2 N–H and O–H groups in total. The first-order chi connectivity index (χ1) is 9.45. The van der Waals surface area contributed by atoms with Gasteiger partial charge in [0.05, 0.1) is 0 Å². The lowest BCUT2D eigenvalue weighted by molar-refractivity contribution is 0.0604. The van der Waals surface area contributed by atoms with Gasteiger partial charge in [-0.05, 0) is 36.9 Å². The summed E-state index contributed by atoms with van der Waals surface area (Å²) in [5.41, 5.74) is 1.95. The van der Waals surface area contributed by atoms with Crippen LogP contribution in [0.3, 0.4) is 0 Å².